The molecular formula is C27H28N4O5. The van der Waals surface area contributed by atoms with Crippen LogP contribution in [0.2, 0.25) is 0 Å². The average Bonchev–Trinajstić information content (AvgIpc) is 3.35. The molecule has 1 amide bonds. The van der Waals surface area contributed by atoms with Gasteiger partial charge in [-0.2, -0.15) is 5.10 Å². The minimum absolute atomic E-state index is 0.0431. The number of carbonyl (C=O) groups excluding carboxylic acids is 2. The van der Waals surface area contributed by atoms with Gasteiger partial charge in [-0.15, -0.1) is 0 Å². The predicted octanol–water partition coefficient (Wildman–Crippen LogP) is 4.40. The number of para-hydroxylation sites is 1. The van der Waals surface area contributed by atoms with Crippen LogP contribution in [0.25, 0.3) is 5.69 Å². The van der Waals surface area contributed by atoms with E-state index in [9.17, 15) is 9.59 Å². The maximum atomic E-state index is 12.4. The fraction of sp³-hybridized carbons (Fsp3) is 0.259. The van der Waals surface area contributed by atoms with Gasteiger partial charge in [-0.3, -0.25) is 9.59 Å². The minimum Gasteiger partial charge on any atom is -0.489 e. The third-order valence-electron chi connectivity index (χ3n) is 5.76. The van der Waals surface area contributed by atoms with Gasteiger partial charge in [-0.05, 0) is 57.5 Å². The molecule has 0 radical (unpaired) electrons. The summed E-state index contributed by atoms with van der Waals surface area (Å²) in [6.45, 7) is 7.36. The Bertz CT molecular complexity index is 1340. The average molecular weight is 489 g/mol. The molecule has 9 nitrogen and oxygen atoms in total. The molecule has 2 aromatic heterocycles. The van der Waals surface area contributed by atoms with E-state index < -0.39 is 11.9 Å². The first-order chi connectivity index (χ1) is 17.3. The van der Waals surface area contributed by atoms with Crippen molar-refractivity contribution in [3.63, 3.8) is 0 Å². The number of ether oxygens (including phenoxy) is 2. The van der Waals surface area contributed by atoms with Gasteiger partial charge in [0.15, 0.2) is 6.61 Å². The van der Waals surface area contributed by atoms with Gasteiger partial charge in [0.05, 0.1) is 40.4 Å². The van der Waals surface area contributed by atoms with Crippen LogP contribution in [0.5, 0.6) is 5.75 Å². The standard InChI is InChI=1S/C27H28N4O5/c1-17-24(20(4)36-30-17)15-34-23-12-10-21(11-13-23)14-26(33)35-16-25(32)28-27-18(2)29-31(19(27)3)22-8-6-5-7-9-22/h5-13H,14-16H2,1-4H3,(H,28,32). The Morgan fingerprint density at radius 2 is 1.69 bits per heavy atom. The van der Waals surface area contributed by atoms with E-state index in [2.05, 4.69) is 15.6 Å². The van der Waals surface area contributed by atoms with E-state index in [-0.39, 0.29) is 13.0 Å². The molecule has 0 aliphatic heterocycles. The highest BCUT2D eigenvalue weighted by atomic mass is 16.5. The monoisotopic (exact) mass is 488 g/mol. The van der Waals surface area contributed by atoms with Crippen LogP contribution < -0.4 is 10.1 Å². The number of nitrogens with one attached hydrogen (secondary N) is 1. The van der Waals surface area contributed by atoms with Crippen LogP contribution in [-0.2, 0) is 27.4 Å². The number of nitrogens with zero attached hydrogens (tertiary/aromatic N) is 3. The van der Waals surface area contributed by atoms with Gasteiger partial charge in [0.1, 0.15) is 18.1 Å². The van der Waals surface area contributed by atoms with Gasteiger partial charge in [0.2, 0.25) is 0 Å². The number of anilines is 1. The zero-order valence-corrected chi connectivity index (χ0v) is 20.7. The lowest BCUT2D eigenvalue weighted by Gasteiger charge is -2.09. The Hall–Kier alpha value is -4.40. The van der Waals surface area contributed by atoms with Crippen molar-refractivity contribution < 1.29 is 23.6 Å². The smallest absolute Gasteiger partial charge is 0.310 e. The van der Waals surface area contributed by atoms with E-state index >= 15 is 0 Å². The van der Waals surface area contributed by atoms with Crippen LogP contribution in [0.15, 0.2) is 59.1 Å². The third kappa shape index (κ3) is 5.80. The van der Waals surface area contributed by atoms with E-state index in [1.54, 1.807) is 28.9 Å². The highest BCUT2D eigenvalue weighted by molar-refractivity contribution is 5.94. The lowest BCUT2D eigenvalue weighted by atomic mass is 10.1. The molecule has 0 aliphatic carbocycles. The maximum Gasteiger partial charge on any atom is 0.310 e. The molecule has 1 N–H and O–H groups in total. The lowest BCUT2D eigenvalue weighted by Crippen LogP contribution is -2.22. The number of rotatable bonds is 9. The van der Waals surface area contributed by atoms with E-state index in [0.29, 0.717) is 23.7 Å². The summed E-state index contributed by atoms with van der Waals surface area (Å²) < 4.78 is 17.9. The van der Waals surface area contributed by atoms with Gasteiger partial charge < -0.3 is 19.3 Å². The van der Waals surface area contributed by atoms with E-state index in [1.807, 2.05) is 58.0 Å². The Balaban J connectivity index is 1.26. The largest absolute Gasteiger partial charge is 0.489 e. The topological polar surface area (TPSA) is 108 Å². The summed E-state index contributed by atoms with van der Waals surface area (Å²) in [7, 11) is 0. The van der Waals surface area contributed by atoms with Gasteiger partial charge in [0, 0.05) is 0 Å². The molecule has 4 rings (SSSR count). The Morgan fingerprint density at radius 3 is 2.36 bits per heavy atom. The first kappa shape index (κ1) is 24.7. The summed E-state index contributed by atoms with van der Waals surface area (Å²) in [5.74, 6) is 0.465. The fourth-order valence-electron chi connectivity index (χ4n) is 3.75. The molecule has 0 saturated carbocycles. The second-order valence-corrected chi connectivity index (χ2v) is 8.41. The molecule has 0 atom stereocenters. The number of hydrogen-bond donors (Lipinski definition) is 1. The fourth-order valence-corrected chi connectivity index (χ4v) is 3.75. The third-order valence-corrected chi connectivity index (χ3v) is 5.76. The SMILES string of the molecule is Cc1noc(C)c1COc1ccc(CC(=O)OCC(=O)Nc2c(C)nn(-c3ccccc3)c2C)cc1. The Kier molecular flexibility index (Phi) is 7.48. The van der Waals surface area contributed by atoms with Crippen molar-refractivity contribution in [1.29, 1.82) is 0 Å². The molecule has 9 heteroatoms. The molecule has 36 heavy (non-hydrogen) atoms. The molecule has 4 aromatic rings. The lowest BCUT2D eigenvalue weighted by molar-refractivity contribution is -0.146. The van der Waals surface area contributed by atoms with Crippen LogP contribution in [0.1, 0.15) is 34.0 Å². The number of aromatic nitrogens is 3. The quantitative estimate of drug-likeness (QED) is 0.348. The van der Waals surface area contributed by atoms with Crippen molar-refractivity contribution in [3.8, 4) is 11.4 Å². The van der Waals surface area contributed by atoms with E-state index in [1.165, 1.54) is 0 Å². The molecule has 0 fully saturated rings. The second kappa shape index (κ2) is 10.9. The Morgan fingerprint density at radius 1 is 0.972 bits per heavy atom. The summed E-state index contributed by atoms with van der Waals surface area (Å²) in [6, 6.07) is 16.8. The zero-order valence-electron chi connectivity index (χ0n) is 20.7. The first-order valence-corrected chi connectivity index (χ1v) is 11.5. The van der Waals surface area contributed by atoms with Crippen molar-refractivity contribution in [2.75, 3.05) is 11.9 Å². The number of aryl methyl sites for hydroxylation is 3. The van der Waals surface area contributed by atoms with Crippen LogP contribution in [-0.4, -0.2) is 33.4 Å². The maximum absolute atomic E-state index is 12.4. The highest BCUT2D eigenvalue weighted by Gasteiger charge is 2.16. The minimum atomic E-state index is -0.497. The number of esters is 1. The molecular weight excluding hydrogens is 460 g/mol. The van der Waals surface area contributed by atoms with Gasteiger partial charge in [-0.25, -0.2) is 4.68 Å². The zero-order chi connectivity index (χ0) is 25.7. The van der Waals surface area contributed by atoms with E-state index in [4.69, 9.17) is 14.0 Å². The first-order valence-electron chi connectivity index (χ1n) is 11.5. The highest BCUT2D eigenvalue weighted by Crippen LogP contribution is 2.23. The van der Waals surface area contributed by atoms with Crippen molar-refractivity contribution in [2.45, 2.75) is 40.7 Å². The van der Waals surface area contributed by atoms with Gasteiger partial charge in [0.25, 0.3) is 5.91 Å². The van der Waals surface area contributed by atoms with Crippen LogP contribution in [0.3, 0.4) is 0 Å². The molecule has 0 spiro atoms. The van der Waals surface area contributed by atoms with Crippen LogP contribution in [0.4, 0.5) is 5.69 Å². The molecule has 186 valence electrons. The van der Waals surface area contributed by atoms with Gasteiger partial charge in [-0.1, -0.05) is 35.5 Å². The molecule has 2 aromatic carbocycles. The summed E-state index contributed by atoms with van der Waals surface area (Å²) in [5, 5.41) is 11.2. The number of amides is 1. The molecule has 0 unspecified atom stereocenters. The van der Waals surface area contributed by atoms with Crippen molar-refractivity contribution in [3.05, 3.63) is 88.6 Å². The summed E-state index contributed by atoms with van der Waals surface area (Å²) in [5.41, 5.74) is 5.42. The van der Waals surface area contributed by atoms with Crippen molar-refractivity contribution in [1.82, 2.24) is 14.9 Å². The molecule has 2 heterocycles. The summed E-state index contributed by atoms with van der Waals surface area (Å²) in [6.07, 6.45) is 0.0431. The molecule has 0 bridgehead atoms. The van der Waals surface area contributed by atoms with Crippen molar-refractivity contribution in [2.24, 2.45) is 0 Å². The number of carbonyl (C=O) groups is 2. The van der Waals surface area contributed by atoms with Crippen LogP contribution in [0, 0.1) is 27.7 Å². The number of benzene rings is 2. The van der Waals surface area contributed by atoms with Gasteiger partial charge >= 0.3 is 5.97 Å². The molecule has 0 aliphatic rings. The molecule has 0 saturated heterocycles. The Labute approximate surface area is 209 Å². The van der Waals surface area contributed by atoms with E-state index in [0.717, 1.165) is 34.0 Å². The summed E-state index contributed by atoms with van der Waals surface area (Å²) >= 11 is 0. The van der Waals surface area contributed by atoms with Crippen LogP contribution >= 0.6 is 0 Å². The normalized spacial score (nSPS) is 10.8. The number of hydrogen-bond acceptors (Lipinski definition) is 7. The summed E-state index contributed by atoms with van der Waals surface area (Å²) in [4.78, 5) is 24.7. The predicted molar refractivity (Wildman–Crippen MR) is 133 cm³/mol. The second-order valence-electron chi connectivity index (χ2n) is 8.41. The van der Waals surface area contributed by atoms with Crippen molar-refractivity contribution >= 4 is 17.6 Å².